The molecule has 2 amide bonds. The molecule has 2 rings (SSSR count). The largest absolute Gasteiger partial charge is 0.459 e. The van der Waals surface area contributed by atoms with E-state index in [0.29, 0.717) is 5.69 Å². The summed E-state index contributed by atoms with van der Waals surface area (Å²) in [5.74, 6) is -1.03. The molecule has 0 aliphatic heterocycles. The fraction of sp³-hybridized carbons (Fsp3) is 0.381. The van der Waals surface area contributed by atoms with Gasteiger partial charge in [0.15, 0.2) is 11.9 Å². The zero-order valence-corrected chi connectivity index (χ0v) is 16.8. The summed E-state index contributed by atoms with van der Waals surface area (Å²) in [6.07, 6.45) is 0.520. The number of benzene rings is 1. The number of anilines is 1. The molecule has 0 bridgehead atoms. The van der Waals surface area contributed by atoms with E-state index in [9.17, 15) is 14.4 Å². The lowest BCUT2D eigenvalue weighted by atomic mass is 10.2. The highest BCUT2D eigenvalue weighted by molar-refractivity contribution is 6.02. The molecule has 0 saturated carbocycles. The molecular weight excluding hydrogens is 360 g/mol. The maximum absolute atomic E-state index is 12.6. The Morgan fingerprint density at radius 1 is 0.964 bits per heavy atom. The maximum atomic E-state index is 12.6. The second kappa shape index (κ2) is 9.21. The molecule has 28 heavy (non-hydrogen) atoms. The van der Waals surface area contributed by atoms with Crippen molar-refractivity contribution < 1.29 is 23.5 Å². The fourth-order valence-corrected chi connectivity index (χ4v) is 2.88. The number of esters is 1. The molecule has 1 atom stereocenters. The van der Waals surface area contributed by atoms with Crippen LogP contribution in [0.15, 0.2) is 47.1 Å². The molecule has 1 aromatic heterocycles. The van der Waals surface area contributed by atoms with Crippen LogP contribution in [-0.4, -0.2) is 40.9 Å². The lowest BCUT2D eigenvalue weighted by Gasteiger charge is -2.32. The summed E-state index contributed by atoms with van der Waals surface area (Å²) < 4.78 is 10.4. The number of amides is 2. The molecule has 0 aliphatic rings. The molecule has 0 spiro atoms. The normalized spacial score (nSPS) is 12.0. The first kappa shape index (κ1) is 21.2. The number of nitrogens with zero attached hydrogens (tertiary/aromatic N) is 1. The third-order valence-electron chi connectivity index (χ3n) is 4.12. The van der Waals surface area contributed by atoms with Gasteiger partial charge in [0.1, 0.15) is 0 Å². The molecule has 7 heteroatoms. The van der Waals surface area contributed by atoms with Crippen LogP contribution in [0.4, 0.5) is 5.69 Å². The molecular formula is C21H26N2O5. The summed E-state index contributed by atoms with van der Waals surface area (Å²) in [5.41, 5.74) is 0.796. The van der Waals surface area contributed by atoms with Crippen molar-refractivity contribution in [2.45, 2.75) is 52.8 Å². The molecule has 1 N–H and O–H groups in total. The minimum absolute atomic E-state index is 0.00529. The fourth-order valence-electron chi connectivity index (χ4n) is 2.88. The van der Waals surface area contributed by atoms with Gasteiger partial charge in [-0.3, -0.25) is 9.59 Å². The van der Waals surface area contributed by atoms with Gasteiger partial charge in [-0.25, -0.2) is 4.79 Å². The number of furan rings is 1. The summed E-state index contributed by atoms with van der Waals surface area (Å²) in [4.78, 5) is 38.6. The van der Waals surface area contributed by atoms with Crippen molar-refractivity contribution in [3.63, 3.8) is 0 Å². The highest BCUT2D eigenvalue weighted by Gasteiger charge is 2.27. The van der Waals surface area contributed by atoms with E-state index in [0.717, 1.165) is 0 Å². The number of hydrogen-bond acceptors (Lipinski definition) is 5. The molecule has 0 radical (unpaired) electrons. The van der Waals surface area contributed by atoms with E-state index >= 15 is 0 Å². The van der Waals surface area contributed by atoms with E-state index in [2.05, 4.69) is 5.32 Å². The minimum Gasteiger partial charge on any atom is -0.459 e. The van der Waals surface area contributed by atoms with Crippen LogP contribution in [0.25, 0.3) is 0 Å². The Morgan fingerprint density at radius 2 is 1.57 bits per heavy atom. The summed E-state index contributed by atoms with van der Waals surface area (Å²) in [6.45, 7) is 9.24. The average Bonchev–Trinajstić information content (AvgIpc) is 3.16. The van der Waals surface area contributed by atoms with Gasteiger partial charge in [-0.1, -0.05) is 0 Å². The molecule has 1 heterocycles. The van der Waals surface area contributed by atoms with Crippen molar-refractivity contribution in [1.29, 1.82) is 0 Å². The van der Waals surface area contributed by atoms with Crippen LogP contribution in [0.3, 0.4) is 0 Å². The Labute approximate surface area is 164 Å². The second-order valence-electron chi connectivity index (χ2n) is 6.99. The van der Waals surface area contributed by atoms with Crippen molar-refractivity contribution >= 4 is 23.5 Å². The molecule has 1 aromatic carbocycles. The molecule has 2 aromatic rings. The standard InChI is InChI=1S/C21H26N2O5/c1-13(2)23(14(3)4)20(25)15(5)28-21(26)16-8-10-17(11-9-16)22-19(24)18-7-6-12-27-18/h6-15H,1-5H3,(H,22,24)/t15-/m1/s1. The number of carbonyl (C=O) groups excluding carboxylic acids is 3. The third kappa shape index (κ3) is 5.22. The first-order chi connectivity index (χ1) is 13.2. The van der Waals surface area contributed by atoms with E-state index in [1.165, 1.54) is 18.4 Å². The highest BCUT2D eigenvalue weighted by atomic mass is 16.5. The quantitative estimate of drug-likeness (QED) is 0.733. The van der Waals surface area contributed by atoms with Crippen LogP contribution < -0.4 is 5.32 Å². The van der Waals surface area contributed by atoms with Gasteiger partial charge in [-0.05, 0) is 71.0 Å². The summed E-state index contributed by atoms with van der Waals surface area (Å²) >= 11 is 0. The average molecular weight is 386 g/mol. The summed E-state index contributed by atoms with van der Waals surface area (Å²) in [5, 5.41) is 2.66. The van der Waals surface area contributed by atoms with Crippen molar-refractivity contribution in [3.05, 3.63) is 54.0 Å². The van der Waals surface area contributed by atoms with E-state index in [1.807, 2.05) is 27.7 Å². The smallest absolute Gasteiger partial charge is 0.338 e. The first-order valence-corrected chi connectivity index (χ1v) is 9.18. The van der Waals surface area contributed by atoms with Gasteiger partial charge in [0.2, 0.25) is 0 Å². The number of nitrogens with one attached hydrogen (secondary N) is 1. The van der Waals surface area contributed by atoms with Gasteiger partial charge >= 0.3 is 5.97 Å². The monoisotopic (exact) mass is 386 g/mol. The van der Waals surface area contributed by atoms with Crippen molar-refractivity contribution in [2.75, 3.05) is 5.32 Å². The van der Waals surface area contributed by atoms with Crippen LogP contribution in [0.1, 0.15) is 55.5 Å². The van der Waals surface area contributed by atoms with Crippen LogP contribution in [0.5, 0.6) is 0 Å². The van der Waals surface area contributed by atoms with Gasteiger partial charge in [-0.2, -0.15) is 0 Å². The molecule has 0 unspecified atom stereocenters. The van der Waals surface area contributed by atoms with Gasteiger partial charge in [0, 0.05) is 17.8 Å². The zero-order valence-electron chi connectivity index (χ0n) is 16.8. The Morgan fingerprint density at radius 3 is 2.07 bits per heavy atom. The zero-order chi connectivity index (χ0) is 20.8. The van der Waals surface area contributed by atoms with E-state index in [1.54, 1.807) is 36.1 Å². The summed E-state index contributed by atoms with van der Waals surface area (Å²) in [6, 6.07) is 9.40. The van der Waals surface area contributed by atoms with Crippen LogP contribution in [0.2, 0.25) is 0 Å². The van der Waals surface area contributed by atoms with Crippen LogP contribution in [-0.2, 0) is 9.53 Å². The third-order valence-corrected chi connectivity index (χ3v) is 4.12. The predicted octanol–water partition coefficient (Wildman–Crippen LogP) is 3.72. The lowest BCUT2D eigenvalue weighted by molar-refractivity contribution is -0.143. The molecule has 0 aliphatic carbocycles. The number of hydrogen-bond donors (Lipinski definition) is 1. The Bertz CT molecular complexity index is 802. The van der Waals surface area contributed by atoms with E-state index in [4.69, 9.17) is 9.15 Å². The summed E-state index contributed by atoms with van der Waals surface area (Å²) in [7, 11) is 0. The molecule has 0 saturated heterocycles. The second-order valence-corrected chi connectivity index (χ2v) is 6.99. The van der Waals surface area contributed by atoms with Crippen molar-refractivity contribution in [3.8, 4) is 0 Å². The lowest BCUT2D eigenvalue weighted by Crippen LogP contribution is -2.47. The SMILES string of the molecule is CC(C)N(C(=O)[C@@H](C)OC(=O)c1ccc(NC(=O)c2ccco2)cc1)C(C)C. The van der Waals surface area contributed by atoms with E-state index < -0.39 is 12.1 Å². The molecule has 7 nitrogen and oxygen atoms in total. The van der Waals surface area contributed by atoms with Gasteiger partial charge in [0.25, 0.3) is 11.8 Å². The van der Waals surface area contributed by atoms with Crippen molar-refractivity contribution in [1.82, 2.24) is 4.90 Å². The van der Waals surface area contributed by atoms with Gasteiger partial charge < -0.3 is 19.4 Å². The molecule has 0 fully saturated rings. The minimum atomic E-state index is -0.893. The number of ether oxygens (including phenoxy) is 1. The Hall–Kier alpha value is -3.09. The van der Waals surface area contributed by atoms with Crippen LogP contribution >= 0.6 is 0 Å². The highest BCUT2D eigenvalue weighted by Crippen LogP contribution is 2.15. The topological polar surface area (TPSA) is 88.9 Å². The van der Waals surface area contributed by atoms with E-state index in [-0.39, 0.29) is 35.2 Å². The Kier molecular flexibility index (Phi) is 6.98. The Balaban J connectivity index is 1.98. The molecule has 150 valence electrons. The number of carbonyl (C=O) groups is 3. The predicted molar refractivity (Wildman–Crippen MR) is 105 cm³/mol. The number of rotatable bonds is 7. The van der Waals surface area contributed by atoms with Gasteiger partial charge in [0.05, 0.1) is 11.8 Å². The van der Waals surface area contributed by atoms with Gasteiger partial charge in [-0.15, -0.1) is 0 Å². The maximum Gasteiger partial charge on any atom is 0.338 e. The first-order valence-electron chi connectivity index (χ1n) is 9.18. The van der Waals surface area contributed by atoms with Crippen molar-refractivity contribution in [2.24, 2.45) is 0 Å². The van der Waals surface area contributed by atoms with Crippen LogP contribution in [0, 0.1) is 0 Å².